The van der Waals surface area contributed by atoms with Gasteiger partial charge in [-0.15, -0.1) is 0 Å². The van der Waals surface area contributed by atoms with Crippen molar-refractivity contribution in [2.75, 3.05) is 10.0 Å². The Labute approximate surface area is 186 Å². The van der Waals surface area contributed by atoms with Gasteiger partial charge in [0.05, 0.1) is 26.4 Å². The molecule has 0 fully saturated rings. The normalized spacial score (nSPS) is 10.9. The van der Waals surface area contributed by atoms with Crippen molar-refractivity contribution in [1.29, 1.82) is 0 Å². The molecule has 0 spiro atoms. The number of nitro groups is 1. The molecule has 0 saturated carbocycles. The summed E-state index contributed by atoms with van der Waals surface area (Å²) in [6.07, 6.45) is 0. The molecule has 3 rings (SSSR count). The number of rotatable bonds is 7. The first-order valence-corrected chi connectivity index (χ1v) is 10.6. The second-order valence-electron chi connectivity index (χ2n) is 6.38. The third-order valence-electron chi connectivity index (χ3n) is 4.16. The number of carboxylic acids is 1. The van der Waals surface area contributed by atoms with E-state index in [1.54, 1.807) is 0 Å². The zero-order valence-electron chi connectivity index (χ0n) is 15.9. The van der Waals surface area contributed by atoms with E-state index in [1.165, 1.54) is 42.5 Å². The molecule has 1 amide bonds. The molecule has 0 heterocycles. The van der Waals surface area contributed by atoms with Crippen molar-refractivity contribution in [3.63, 3.8) is 0 Å². The maximum atomic E-state index is 12.7. The summed E-state index contributed by atoms with van der Waals surface area (Å²) in [5.41, 5.74) is -0.564. The lowest BCUT2D eigenvalue weighted by Gasteiger charge is -2.12. The average Bonchev–Trinajstić information content (AvgIpc) is 2.73. The Kier molecular flexibility index (Phi) is 6.42. The monoisotopic (exact) mass is 474 g/mol. The maximum absolute atomic E-state index is 12.7. The first-order chi connectivity index (χ1) is 15.1. The van der Waals surface area contributed by atoms with Gasteiger partial charge in [0.15, 0.2) is 0 Å². The number of carbonyl (C=O) groups excluding carboxylic acids is 2. The molecule has 0 bridgehead atoms. The number of hydrogen-bond donors (Lipinski definition) is 2. The van der Waals surface area contributed by atoms with Crippen molar-refractivity contribution in [1.82, 2.24) is 0 Å². The molecule has 32 heavy (non-hydrogen) atoms. The third kappa shape index (κ3) is 5.20. The minimum absolute atomic E-state index is 0.0238. The molecule has 0 saturated heterocycles. The van der Waals surface area contributed by atoms with Crippen LogP contribution in [-0.4, -0.2) is 25.2 Å². The Bertz CT molecular complexity index is 1340. The summed E-state index contributed by atoms with van der Waals surface area (Å²) in [6, 6.07) is 13.6. The highest BCUT2D eigenvalue weighted by molar-refractivity contribution is 7.92. The molecule has 3 aromatic rings. The van der Waals surface area contributed by atoms with E-state index < -0.39 is 26.8 Å². The van der Waals surface area contributed by atoms with Gasteiger partial charge in [-0.25, -0.2) is 8.42 Å². The molecule has 0 aliphatic heterocycles. The average molecular weight is 475 g/mol. The van der Waals surface area contributed by atoms with Crippen LogP contribution in [0, 0.1) is 10.1 Å². The van der Waals surface area contributed by atoms with Crippen LogP contribution in [0.15, 0.2) is 71.6 Å². The minimum Gasteiger partial charge on any atom is -0.545 e. The standard InChI is InChI=1S/C20H14ClN3O7S/c21-18-8-7-16(32(30,31)23-14-5-1-3-12(9-14)20(26)27)11-17(18)19(25)22-13-4-2-6-15(10-13)24(28)29/h1-11,23H,(H,22,25)(H,26,27)/p-1. The number of carbonyl (C=O) groups is 2. The summed E-state index contributed by atoms with van der Waals surface area (Å²) in [6.45, 7) is 0. The quantitative estimate of drug-likeness (QED) is 0.393. The highest BCUT2D eigenvalue weighted by Crippen LogP contribution is 2.25. The largest absolute Gasteiger partial charge is 0.545 e. The molecule has 0 aromatic heterocycles. The molecular weight excluding hydrogens is 462 g/mol. The fourth-order valence-corrected chi connectivity index (χ4v) is 3.94. The summed E-state index contributed by atoms with van der Waals surface area (Å²) >= 11 is 6.05. The number of benzene rings is 3. The van der Waals surface area contributed by atoms with Crippen LogP contribution in [0.2, 0.25) is 5.02 Å². The van der Waals surface area contributed by atoms with Gasteiger partial charge < -0.3 is 15.2 Å². The molecule has 0 radical (unpaired) electrons. The highest BCUT2D eigenvalue weighted by atomic mass is 35.5. The highest BCUT2D eigenvalue weighted by Gasteiger charge is 2.20. The van der Waals surface area contributed by atoms with Crippen molar-refractivity contribution >= 4 is 50.6 Å². The topological polar surface area (TPSA) is 159 Å². The molecule has 3 aromatic carbocycles. The SMILES string of the molecule is O=C([O-])c1cccc(NS(=O)(=O)c2ccc(Cl)c(C(=O)Nc3cccc([N+](=O)[O-])c3)c2)c1. The Hall–Kier alpha value is -3.96. The predicted molar refractivity (Wildman–Crippen MR) is 114 cm³/mol. The van der Waals surface area contributed by atoms with Crippen molar-refractivity contribution in [3.8, 4) is 0 Å². The first kappa shape index (κ1) is 22.7. The van der Waals surface area contributed by atoms with Crippen LogP contribution in [0.5, 0.6) is 0 Å². The van der Waals surface area contributed by atoms with Gasteiger partial charge in [-0.2, -0.15) is 0 Å². The number of anilines is 2. The van der Waals surface area contributed by atoms with Crippen molar-refractivity contribution in [2.45, 2.75) is 4.90 Å². The van der Waals surface area contributed by atoms with Crippen LogP contribution in [0.4, 0.5) is 17.1 Å². The van der Waals surface area contributed by atoms with Gasteiger partial charge in [0.25, 0.3) is 21.6 Å². The van der Waals surface area contributed by atoms with Gasteiger partial charge >= 0.3 is 0 Å². The zero-order valence-corrected chi connectivity index (χ0v) is 17.5. The lowest BCUT2D eigenvalue weighted by atomic mass is 10.2. The van der Waals surface area contributed by atoms with E-state index in [4.69, 9.17) is 11.6 Å². The molecule has 164 valence electrons. The number of non-ortho nitro benzene ring substituents is 1. The Morgan fingerprint density at radius 1 is 0.938 bits per heavy atom. The molecule has 2 N–H and O–H groups in total. The molecule has 0 aliphatic carbocycles. The number of hydrogen-bond acceptors (Lipinski definition) is 7. The maximum Gasteiger partial charge on any atom is 0.271 e. The molecule has 0 atom stereocenters. The summed E-state index contributed by atoms with van der Waals surface area (Å²) in [5, 5.41) is 24.2. The molecule has 0 unspecified atom stereocenters. The number of carboxylic acid groups (broad SMARTS) is 1. The fourth-order valence-electron chi connectivity index (χ4n) is 2.66. The fraction of sp³-hybridized carbons (Fsp3) is 0. The second-order valence-corrected chi connectivity index (χ2v) is 8.47. The van der Waals surface area contributed by atoms with E-state index in [-0.39, 0.29) is 38.1 Å². The van der Waals surface area contributed by atoms with Crippen LogP contribution in [-0.2, 0) is 10.0 Å². The van der Waals surface area contributed by atoms with Crippen molar-refractivity contribution < 1.29 is 28.0 Å². The first-order valence-electron chi connectivity index (χ1n) is 8.76. The van der Waals surface area contributed by atoms with Gasteiger partial charge in [-0.1, -0.05) is 29.8 Å². The lowest BCUT2D eigenvalue weighted by Crippen LogP contribution is -2.22. The lowest BCUT2D eigenvalue weighted by molar-refractivity contribution is -0.384. The van der Waals surface area contributed by atoms with E-state index in [0.717, 1.165) is 24.3 Å². The van der Waals surface area contributed by atoms with Crippen LogP contribution < -0.4 is 15.1 Å². The third-order valence-corrected chi connectivity index (χ3v) is 5.87. The molecule has 10 nitrogen and oxygen atoms in total. The minimum atomic E-state index is -4.21. The second kappa shape index (κ2) is 9.04. The predicted octanol–water partition coefficient (Wildman–Crippen LogP) is 2.66. The van der Waals surface area contributed by atoms with E-state index in [9.17, 15) is 33.2 Å². The number of halogens is 1. The van der Waals surface area contributed by atoms with Crippen LogP contribution >= 0.6 is 11.6 Å². The molecule has 12 heteroatoms. The van der Waals surface area contributed by atoms with Crippen LogP contribution in [0.1, 0.15) is 20.7 Å². The van der Waals surface area contributed by atoms with Gasteiger partial charge in [-0.3, -0.25) is 19.6 Å². The number of aromatic carboxylic acids is 1. The van der Waals surface area contributed by atoms with E-state index in [0.29, 0.717) is 0 Å². The number of amides is 1. The van der Waals surface area contributed by atoms with Gasteiger partial charge in [-0.05, 0) is 42.0 Å². The van der Waals surface area contributed by atoms with E-state index >= 15 is 0 Å². The summed E-state index contributed by atoms with van der Waals surface area (Å²) in [5.74, 6) is -2.26. The van der Waals surface area contributed by atoms with Gasteiger partial charge in [0.1, 0.15) is 0 Å². The van der Waals surface area contributed by atoms with E-state index in [1.807, 2.05) is 0 Å². The van der Waals surface area contributed by atoms with Crippen LogP contribution in [0.25, 0.3) is 0 Å². The Morgan fingerprint density at radius 2 is 1.62 bits per heavy atom. The number of nitrogens with one attached hydrogen (secondary N) is 2. The number of nitrogens with zero attached hydrogens (tertiary/aromatic N) is 1. The summed E-state index contributed by atoms with van der Waals surface area (Å²) in [7, 11) is -4.21. The van der Waals surface area contributed by atoms with E-state index in [2.05, 4.69) is 10.0 Å². The molecular formula is C20H13ClN3O7S-. The number of sulfonamides is 1. The van der Waals surface area contributed by atoms with Gasteiger partial charge in [0.2, 0.25) is 0 Å². The smallest absolute Gasteiger partial charge is 0.271 e. The molecule has 0 aliphatic rings. The van der Waals surface area contributed by atoms with Crippen LogP contribution in [0.3, 0.4) is 0 Å². The van der Waals surface area contributed by atoms with Crippen molar-refractivity contribution in [3.05, 3.63) is 93.0 Å². The Morgan fingerprint density at radius 3 is 2.31 bits per heavy atom. The summed E-state index contributed by atoms with van der Waals surface area (Å²) < 4.78 is 27.7. The Balaban J connectivity index is 1.88. The zero-order chi connectivity index (χ0) is 23.5. The van der Waals surface area contributed by atoms with Crippen molar-refractivity contribution in [2.24, 2.45) is 0 Å². The van der Waals surface area contributed by atoms with Gasteiger partial charge in [0, 0.05) is 23.5 Å². The number of nitro benzene ring substituents is 1. The summed E-state index contributed by atoms with van der Waals surface area (Å²) in [4.78, 5) is 33.5.